The fourth-order valence-electron chi connectivity index (χ4n) is 2.31. The summed E-state index contributed by atoms with van der Waals surface area (Å²) in [4.78, 5) is 3.26. The quantitative estimate of drug-likeness (QED) is 0.794. The lowest BCUT2D eigenvalue weighted by Crippen LogP contribution is -2.38. The maximum atomic E-state index is 9.37. The first-order chi connectivity index (χ1) is 9.54. The minimum Gasteiger partial charge on any atom is -0.467 e. The Labute approximate surface area is 121 Å². The number of benzene rings is 1. The van der Waals surface area contributed by atoms with Crippen LogP contribution in [-0.2, 0) is 0 Å². The van der Waals surface area contributed by atoms with Gasteiger partial charge in [-0.2, -0.15) is 5.26 Å². The van der Waals surface area contributed by atoms with Gasteiger partial charge in [-0.3, -0.25) is 0 Å². The van der Waals surface area contributed by atoms with E-state index in [1.807, 2.05) is 44.2 Å². The van der Waals surface area contributed by atoms with Gasteiger partial charge in [0.1, 0.15) is 23.2 Å². The molecule has 0 radical (unpaired) electrons. The predicted molar refractivity (Wildman–Crippen MR) is 81.1 cm³/mol. The second-order valence-electron chi connectivity index (χ2n) is 4.75. The summed E-state index contributed by atoms with van der Waals surface area (Å²) < 4.78 is 6.09. The number of thioether (sulfide) groups is 1. The molecule has 1 aromatic carbocycles. The minimum atomic E-state index is -0.896. The molecule has 2 N–H and O–H groups in total. The van der Waals surface area contributed by atoms with E-state index < -0.39 is 4.93 Å². The third kappa shape index (κ3) is 1.89. The van der Waals surface area contributed by atoms with Crippen LogP contribution in [0, 0.1) is 18.3 Å². The van der Waals surface area contributed by atoms with Crippen LogP contribution in [0.15, 0.2) is 40.7 Å². The maximum Gasteiger partial charge on any atom is 0.218 e. The zero-order valence-electron chi connectivity index (χ0n) is 11.2. The van der Waals surface area contributed by atoms with Crippen molar-refractivity contribution in [2.24, 2.45) is 10.7 Å². The summed E-state index contributed by atoms with van der Waals surface area (Å²) in [6.07, 6.45) is 3.85. The molecule has 20 heavy (non-hydrogen) atoms. The van der Waals surface area contributed by atoms with E-state index in [1.54, 1.807) is 0 Å². The standard InChI is InChI=1S/C15H13N3OS/c1-9-3-4-13-11(7-9)5-6-15(19-13)12(8-16)14(17)18-10(2)20-15/h3-7H,17H2,1-2H3. The SMILES string of the molecule is CC1=NC(N)=C(C#N)C2(C=Cc3cc(C)ccc3O2)S1. The second kappa shape index (κ2) is 4.43. The number of hydrogen-bond acceptors (Lipinski definition) is 5. The maximum absolute atomic E-state index is 9.37. The topological polar surface area (TPSA) is 71.4 Å². The number of nitrogens with two attached hydrogens (primary N) is 1. The van der Waals surface area contributed by atoms with Crippen LogP contribution in [0.25, 0.3) is 6.08 Å². The Balaban J connectivity index is 2.12. The van der Waals surface area contributed by atoms with E-state index in [9.17, 15) is 5.26 Å². The summed E-state index contributed by atoms with van der Waals surface area (Å²) in [6.45, 7) is 3.89. The van der Waals surface area contributed by atoms with E-state index in [0.717, 1.165) is 21.9 Å². The normalized spacial score (nSPS) is 23.9. The van der Waals surface area contributed by atoms with Gasteiger partial charge in [0.25, 0.3) is 0 Å². The molecular weight excluding hydrogens is 270 g/mol. The average Bonchev–Trinajstić information content (AvgIpc) is 2.39. The van der Waals surface area contributed by atoms with Gasteiger partial charge in [0.15, 0.2) is 0 Å². The first-order valence-electron chi connectivity index (χ1n) is 6.17. The lowest BCUT2D eigenvalue weighted by Gasteiger charge is -2.35. The summed E-state index contributed by atoms with van der Waals surface area (Å²) in [5, 5.41) is 10.2. The molecule has 0 aliphatic carbocycles. The number of nitrogens with zero attached hydrogens (tertiary/aromatic N) is 2. The molecule has 0 fully saturated rings. The van der Waals surface area contributed by atoms with Crippen molar-refractivity contribution in [3.63, 3.8) is 0 Å². The van der Waals surface area contributed by atoms with Gasteiger partial charge in [-0.05, 0) is 32.1 Å². The summed E-state index contributed by atoms with van der Waals surface area (Å²) in [5.74, 6) is 0.977. The molecule has 5 heteroatoms. The zero-order valence-corrected chi connectivity index (χ0v) is 12.0. The molecule has 0 saturated heterocycles. The summed E-state index contributed by atoms with van der Waals surface area (Å²) in [5.41, 5.74) is 8.39. The first-order valence-corrected chi connectivity index (χ1v) is 6.99. The molecule has 0 bridgehead atoms. The highest BCUT2D eigenvalue weighted by Crippen LogP contribution is 2.45. The molecule has 0 saturated carbocycles. The molecule has 2 aliphatic heterocycles. The molecule has 1 spiro atoms. The molecule has 100 valence electrons. The fourth-order valence-corrected chi connectivity index (χ4v) is 3.41. The molecule has 0 aromatic heterocycles. The van der Waals surface area contributed by atoms with Gasteiger partial charge < -0.3 is 10.5 Å². The number of aliphatic imine (C=N–C) groups is 1. The lowest BCUT2D eigenvalue weighted by atomic mass is 10.0. The van der Waals surface area contributed by atoms with E-state index in [1.165, 1.54) is 11.8 Å². The monoisotopic (exact) mass is 283 g/mol. The third-order valence-corrected chi connectivity index (χ3v) is 4.32. The van der Waals surface area contributed by atoms with Crippen LogP contribution in [0.1, 0.15) is 18.1 Å². The fraction of sp³-hybridized carbons (Fsp3) is 0.200. The smallest absolute Gasteiger partial charge is 0.218 e. The zero-order chi connectivity index (χ0) is 14.3. The van der Waals surface area contributed by atoms with Crippen molar-refractivity contribution in [1.29, 1.82) is 5.26 Å². The van der Waals surface area contributed by atoms with Crippen molar-refractivity contribution in [3.05, 3.63) is 46.8 Å². The van der Waals surface area contributed by atoms with Crippen molar-refractivity contribution in [2.75, 3.05) is 0 Å². The number of aryl methyl sites for hydroxylation is 1. The Morgan fingerprint density at radius 3 is 2.95 bits per heavy atom. The Morgan fingerprint density at radius 2 is 2.20 bits per heavy atom. The van der Waals surface area contributed by atoms with Gasteiger partial charge in [0.2, 0.25) is 4.93 Å². The van der Waals surface area contributed by atoms with E-state index in [0.29, 0.717) is 5.57 Å². The van der Waals surface area contributed by atoms with Gasteiger partial charge in [-0.1, -0.05) is 29.5 Å². The van der Waals surface area contributed by atoms with Crippen LogP contribution in [-0.4, -0.2) is 9.98 Å². The summed E-state index contributed by atoms with van der Waals surface area (Å²) in [7, 11) is 0. The Kier molecular flexibility index (Phi) is 2.84. The van der Waals surface area contributed by atoms with Gasteiger partial charge in [0, 0.05) is 5.56 Å². The molecule has 1 unspecified atom stereocenters. The number of hydrogen-bond donors (Lipinski definition) is 1. The summed E-state index contributed by atoms with van der Waals surface area (Å²) in [6, 6.07) is 8.08. The van der Waals surface area contributed by atoms with Gasteiger partial charge in [0.05, 0.1) is 5.04 Å². The van der Waals surface area contributed by atoms with Gasteiger partial charge in [-0.15, -0.1) is 0 Å². The number of nitriles is 1. The highest BCUT2D eigenvalue weighted by molar-refractivity contribution is 8.15. The Bertz CT molecular complexity index is 727. The molecule has 1 aromatic rings. The van der Waals surface area contributed by atoms with Crippen molar-refractivity contribution in [3.8, 4) is 11.8 Å². The van der Waals surface area contributed by atoms with E-state index in [4.69, 9.17) is 10.5 Å². The van der Waals surface area contributed by atoms with Crippen molar-refractivity contribution < 1.29 is 4.74 Å². The average molecular weight is 283 g/mol. The number of fused-ring (bicyclic) bond motifs is 1. The van der Waals surface area contributed by atoms with Crippen LogP contribution in [0.3, 0.4) is 0 Å². The van der Waals surface area contributed by atoms with E-state index in [2.05, 4.69) is 11.1 Å². The third-order valence-electron chi connectivity index (χ3n) is 3.20. The molecule has 3 rings (SSSR count). The molecule has 2 aliphatic rings. The van der Waals surface area contributed by atoms with Gasteiger partial charge in [-0.25, -0.2) is 4.99 Å². The molecule has 1 atom stereocenters. The van der Waals surface area contributed by atoms with Crippen molar-refractivity contribution in [2.45, 2.75) is 18.8 Å². The lowest BCUT2D eigenvalue weighted by molar-refractivity contribution is 0.252. The highest BCUT2D eigenvalue weighted by atomic mass is 32.2. The Hall–Kier alpha value is -2.19. The van der Waals surface area contributed by atoms with Crippen molar-refractivity contribution >= 4 is 22.9 Å². The van der Waals surface area contributed by atoms with E-state index >= 15 is 0 Å². The largest absolute Gasteiger partial charge is 0.467 e. The van der Waals surface area contributed by atoms with Crippen LogP contribution in [0.5, 0.6) is 5.75 Å². The minimum absolute atomic E-state index is 0.226. The Morgan fingerprint density at radius 1 is 1.40 bits per heavy atom. The van der Waals surface area contributed by atoms with Gasteiger partial charge >= 0.3 is 0 Å². The molecule has 4 nitrogen and oxygen atoms in total. The second-order valence-corrected chi connectivity index (χ2v) is 6.15. The number of ether oxygens (including phenoxy) is 1. The van der Waals surface area contributed by atoms with Crippen molar-refractivity contribution in [1.82, 2.24) is 0 Å². The molecular formula is C15H13N3OS. The van der Waals surface area contributed by atoms with Crippen LogP contribution < -0.4 is 10.5 Å². The summed E-state index contributed by atoms with van der Waals surface area (Å²) >= 11 is 1.39. The molecule has 0 amide bonds. The van der Waals surface area contributed by atoms with Crippen LogP contribution in [0.2, 0.25) is 0 Å². The predicted octanol–water partition coefficient (Wildman–Crippen LogP) is 2.96. The highest BCUT2D eigenvalue weighted by Gasteiger charge is 2.43. The molecule has 2 heterocycles. The first kappa shape index (κ1) is 12.8. The van der Waals surface area contributed by atoms with Crippen LogP contribution in [0.4, 0.5) is 0 Å². The number of rotatable bonds is 0. The van der Waals surface area contributed by atoms with Crippen LogP contribution >= 0.6 is 11.8 Å². The van der Waals surface area contributed by atoms with E-state index in [-0.39, 0.29) is 5.82 Å².